The van der Waals surface area contributed by atoms with Gasteiger partial charge in [0.25, 0.3) is 5.91 Å². The predicted octanol–water partition coefficient (Wildman–Crippen LogP) is 5.97. The van der Waals surface area contributed by atoms with E-state index in [0.717, 1.165) is 65.8 Å². The number of carbonyl (C=O) groups excluding carboxylic acids is 2. The molecule has 178 valence electrons. The number of amides is 2. The van der Waals surface area contributed by atoms with Crippen molar-refractivity contribution >= 4 is 40.1 Å². The van der Waals surface area contributed by atoms with E-state index in [1.54, 1.807) is 11.8 Å². The fraction of sp³-hybridized carbons (Fsp3) is 0.370. The number of amidine groups is 1. The first kappa shape index (κ1) is 24.1. The van der Waals surface area contributed by atoms with Gasteiger partial charge < -0.3 is 15.5 Å². The average Bonchev–Trinajstić information content (AvgIpc) is 2.84. The van der Waals surface area contributed by atoms with Crippen LogP contribution in [0.2, 0.25) is 0 Å². The minimum absolute atomic E-state index is 0.0411. The van der Waals surface area contributed by atoms with Crippen molar-refractivity contribution in [3.8, 4) is 0 Å². The van der Waals surface area contributed by atoms with E-state index in [0.29, 0.717) is 12.0 Å². The van der Waals surface area contributed by atoms with E-state index in [2.05, 4.69) is 22.5 Å². The number of para-hydroxylation sites is 1. The number of nitrogens with one attached hydrogen (secondary N) is 2. The van der Waals surface area contributed by atoms with Gasteiger partial charge in [-0.15, -0.1) is 0 Å². The summed E-state index contributed by atoms with van der Waals surface area (Å²) in [5, 5.41) is 7.00. The zero-order chi connectivity index (χ0) is 23.9. The Morgan fingerprint density at radius 2 is 1.76 bits per heavy atom. The molecule has 2 amide bonds. The summed E-state index contributed by atoms with van der Waals surface area (Å²) in [6.07, 6.45) is 4.64. The molecule has 2 aliphatic rings. The van der Waals surface area contributed by atoms with E-state index in [9.17, 15) is 9.59 Å². The van der Waals surface area contributed by atoms with Crippen molar-refractivity contribution in [2.45, 2.75) is 52.0 Å². The third kappa shape index (κ3) is 5.70. The van der Waals surface area contributed by atoms with Crippen LogP contribution in [0.4, 0.5) is 11.4 Å². The second kappa shape index (κ2) is 11.4. The van der Waals surface area contributed by atoms with Gasteiger partial charge in [0.05, 0.1) is 17.3 Å². The van der Waals surface area contributed by atoms with Gasteiger partial charge in [0.15, 0.2) is 5.17 Å². The third-order valence-electron chi connectivity index (χ3n) is 6.05. The zero-order valence-electron chi connectivity index (χ0n) is 19.8. The normalized spacial score (nSPS) is 17.6. The number of hydrogen-bond donors (Lipinski definition) is 2. The van der Waals surface area contributed by atoms with Crippen LogP contribution in [-0.2, 0) is 9.59 Å². The average molecular weight is 477 g/mol. The fourth-order valence-electron chi connectivity index (χ4n) is 4.33. The summed E-state index contributed by atoms with van der Waals surface area (Å²) < 4.78 is 0. The number of thioether (sulfide) groups is 1. The number of benzene rings is 2. The molecule has 0 bridgehead atoms. The highest BCUT2D eigenvalue weighted by Crippen LogP contribution is 2.40. The van der Waals surface area contributed by atoms with Gasteiger partial charge in [0, 0.05) is 30.1 Å². The summed E-state index contributed by atoms with van der Waals surface area (Å²) in [7, 11) is 0. The number of hydrogen-bond acceptors (Lipinski definition) is 5. The van der Waals surface area contributed by atoms with Crippen molar-refractivity contribution in [3.63, 3.8) is 0 Å². The first-order chi connectivity index (χ1) is 16.6. The Bertz CT molecular complexity index is 1080. The maximum atomic E-state index is 13.4. The molecule has 4 rings (SSSR count). The molecule has 1 atom stereocenters. The number of fused-ring (bicyclic) bond motifs is 1. The Kier molecular flexibility index (Phi) is 8.06. The summed E-state index contributed by atoms with van der Waals surface area (Å²) >= 11 is 1.74. The zero-order valence-corrected chi connectivity index (χ0v) is 20.7. The molecule has 34 heavy (non-hydrogen) atoms. The molecular formula is C27H32N4O2S. The number of aliphatic imine (C=N–C) groups is 1. The van der Waals surface area contributed by atoms with Crippen molar-refractivity contribution in [3.05, 3.63) is 71.4 Å². The van der Waals surface area contributed by atoms with E-state index in [1.807, 2.05) is 61.5 Å². The van der Waals surface area contributed by atoms with Crippen LogP contribution in [0.3, 0.4) is 0 Å². The molecule has 2 aliphatic heterocycles. The summed E-state index contributed by atoms with van der Waals surface area (Å²) in [4.78, 5) is 32.7. The summed E-state index contributed by atoms with van der Waals surface area (Å²) in [6, 6.07) is 17.2. The van der Waals surface area contributed by atoms with Gasteiger partial charge in [-0.1, -0.05) is 61.9 Å². The Hall–Kier alpha value is -3.06. The number of rotatable bonds is 8. The predicted molar refractivity (Wildman–Crippen MR) is 141 cm³/mol. The highest BCUT2D eigenvalue weighted by molar-refractivity contribution is 8.13. The molecule has 2 aromatic carbocycles. The lowest BCUT2D eigenvalue weighted by atomic mass is 9.93. The van der Waals surface area contributed by atoms with E-state index in [-0.39, 0.29) is 17.9 Å². The first-order valence-electron chi connectivity index (χ1n) is 12.0. The number of allylic oxidation sites excluding steroid dienone is 1. The second-order valence-electron chi connectivity index (χ2n) is 8.64. The van der Waals surface area contributed by atoms with Crippen LogP contribution in [0.1, 0.15) is 57.6 Å². The van der Waals surface area contributed by atoms with Crippen LogP contribution in [0.5, 0.6) is 0 Å². The molecule has 2 heterocycles. The molecule has 7 heteroatoms. The minimum Gasteiger partial charge on any atom is -0.340 e. The highest BCUT2D eigenvalue weighted by atomic mass is 32.2. The molecule has 1 saturated heterocycles. The lowest BCUT2D eigenvalue weighted by Gasteiger charge is -2.40. The van der Waals surface area contributed by atoms with Crippen LogP contribution in [0, 0.1) is 0 Å². The molecule has 2 aromatic rings. The molecular weight excluding hydrogens is 444 g/mol. The van der Waals surface area contributed by atoms with Gasteiger partial charge in [-0.25, -0.2) is 4.99 Å². The van der Waals surface area contributed by atoms with Crippen LogP contribution in [0.25, 0.3) is 0 Å². The Morgan fingerprint density at radius 1 is 1.03 bits per heavy atom. The molecule has 0 aliphatic carbocycles. The Morgan fingerprint density at radius 3 is 2.50 bits per heavy atom. The lowest BCUT2D eigenvalue weighted by Crippen LogP contribution is -2.43. The summed E-state index contributed by atoms with van der Waals surface area (Å²) in [5.74, 6) is 0.934. The van der Waals surface area contributed by atoms with E-state index < -0.39 is 0 Å². The highest BCUT2D eigenvalue weighted by Gasteiger charge is 2.37. The standard InChI is InChI=1S/C27H32N4O2S/c1-3-4-6-12-23(32)29-22-15-13-20(14-16-22)25-24(26(33)30-21-10-7-5-8-11-21)19(2)28-27-31(25)17-9-18-34-27/h5,7-8,10-11,13-16,25H,3-4,6,9,12,17-18H2,1-2H3,(H,29,32)(H,30,33). The van der Waals surface area contributed by atoms with Crippen molar-refractivity contribution in [1.29, 1.82) is 0 Å². The molecule has 0 aromatic heterocycles. The molecule has 6 nitrogen and oxygen atoms in total. The molecule has 0 radical (unpaired) electrons. The second-order valence-corrected chi connectivity index (χ2v) is 9.70. The third-order valence-corrected chi connectivity index (χ3v) is 7.13. The maximum Gasteiger partial charge on any atom is 0.255 e. The molecule has 0 spiro atoms. The molecule has 0 saturated carbocycles. The molecule has 1 fully saturated rings. The van der Waals surface area contributed by atoms with E-state index in [1.165, 1.54) is 0 Å². The van der Waals surface area contributed by atoms with Crippen LogP contribution in [0.15, 0.2) is 70.9 Å². The van der Waals surface area contributed by atoms with Crippen LogP contribution < -0.4 is 10.6 Å². The summed E-state index contributed by atoms with van der Waals surface area (Å²) in [6.45, 7) is 4.89. The van der Waals surface area contributed by atoms with Crippen molar-refractivity contribution in [2.75, 3.05) is 22.9 Å². The Balaban J connectivity index is 1.58. The topological polar surface area (TPSA) is 73.8 Å². The van der Waals surface area contributed by atoms with Crippen LogP contribution in [-0.4, -0.2) is 34.2 Å². The van der Waals surface area contributed by atoms with Gasteiger partial charge >= 0.3 is 0 Å². The monoisotopic (exact) mass is 476 g/mol. The van der Waals surface area contributed by atoms with Crippen molar-refractivity contribution in [2.24, 2.45) is 4.99 Å². The minimum atomic E-state index is -0.224. The van der Waals surface area contributed by atoms with Crippen LogP contribution >= 0.6 is 11.8 Å². The van der Waals surface area contributed by atoms with Crippen molar-refractivity contribution in [1.82, 2.24) is 4.90 Å². The number of unbranched alkanes of at least 4 members (excludes halogenated alkanes) is 2. The van der Waals surface area contributed by atoms with Gasteiger partial charge in [-0.3, -0.25) is 9.59 Å². The van der Waals surface area contributed by atoms with E-state index >= 15 is 0 Å². The fourth-order valence-corrected chi connectivity index (χ4v) is 5.35. The van der Waals surface area contributed by atoms with E-state index in [4.69, 9.17) is 4.99 Å². The largest absolute Gasteiger partial charge is 0.340 e. The Labute approximate surface area is 205 Å². The maximum absolute atomic E-state index is 13.4. The smallest absolute Gasteiger partial charge is 0.255 e. The number of carbonyl (C=O) groups is 2. The number of anilines is 2. The van der Waals surface area contributed by atoms with Gasteiger partial charge in [-0.2, -0.15) is 0 Å². The van der Waals surface area contributed by atoms with Gasteiger partial charge in [0.2, 0.25) is 5.91 Å². The lowest BCUT2D eigenvalue weighted by molar-refractivity contribution is -0.116. The summed E-state index contributed by atoms with van der Waals surface area (Å²) in [5.41, 5.74) is 3.95. The van der Waals surface area contributed by atoms with Crippen molar-refractivity contribution < 1.29 is 9.59 Å². The molecule has 2 N–H and O–H groups in total. The first-order valence-corrected chi connectivity index (χ1v) is 13.0. The van der Waals surface area contributed by atoms with Gasteiger partial charge in [-0.05, 0) is 49.6 Å². The van der Waals surface area contributed by atoms with Gasteiger partial charge in [0.1, 0.15) is 0 Å². The molecule has 1 unspecified atom stereocenters. The SMILES string of the molecule is CCCCCC(=O)Nc1ccc(C2C(C(=O)Nc3ccccc3)=C(C)N=C3SCCCN32)cc1. The quantitative estimate of drug-likeness (QED) is 0.461. The number of nitrogens with zero attached hydrogens (tertiary/aromatic N) is 2.